The molecule has 0 saturated carbocycles. The van der Waals surface area contributed by atoms with E-state index in [0.29, 0.717) is 0 Å². The predicted octanol–water partition coefficient (Wildman–Crippen LogP) is 10.6. The number of benzene rings is 10. The first kappa shape index (κ1) is 54.3. The molecule has 6 nitrogen and oxygen atoms in total. The summed E-state index contributed by atoms with van der Waals surface area (Å²) < 4.78 is 14.0. The summed E-state index contributed by atoms with van der Waals surface area (Å²) in [6.45, 7) is 0. The Labute approximate surface area is 437 Å². The number of hydrogen-bond acceptors (Lipinski definition) is 0. The zero-order chi connectivity index (χ0) is 50.0. The van der Waals surface area contributed by atoms with Crippen LogP contribution in [0.4, 0.5) is 0 Å². The van der Waals surface area contributed by atoms with Crippen molar-refractivity contribution in [3.8, 4) is 0 Å². The average molecular weight is 1380 g/mol. The molecule has 0 aromatic heterocycles. The van der Waals surface area contributed by atoms with Crippen molar-refractivity contribution in [1.82, 2.24) is 0 Å². The van der Waals surface area contributed by atoms with E-state index in [4.69, 9.17) is 38.8 Å². The van der Waals surface area contributed by atoms with Crippen molar-refractivity contribution in [1.29, 1.82) is 0 Å². The van der Waals surface area contributed by atoms with E-state index in [0.717, 1.165) is 6.25 Å². The maximum atomic E-state index is 6.75. The van der Waals surface area contributed by atoms with Gasteiger partial charge in [-0.1, -0.05) is 0 Å². The van der Waals surface area contributed by atoms with Crippen LogP contribution in [0.3, 0.4) is 0 Å². The zero-order valence-corrected chi connectivity index (χ0v) is 49.2. The van der Waals surface area contributed by atoms with Crippen LogP contribution in [0.5, 0.6) is 0 Å². The summed E-state index contributed by atoms with van der Waals surface area (Å²) >= 11 is -9.77. The summed E-state index contributed by atoms with van der Waals surface area (Å²) in [6, 6.07) is 109. The van der Waals surface area contributed by atoms with Crippen LogP contribution in [-0.4, -0.2) is 56.3 Å². The van der Waals surface area contributed by atoms with E-state index in [-0.39, 0.29) is 0 Å². The Morgan fingerprint density at radius 2 is 0.338 bits per heavy atom. The van der Waals surface area contributed by atoms with Crippen molar-refractivity contribution < 1.29 is 0 Å². The van der Waals surface area contributed by atoms with Gasteiger partial charge in [0.15, 0.2) is 0 Å². The monoisotopic (exact) mass is 1370 g/mol. The maximum absolute atomic E-state index is 6.75. The third-order valence-electron chi connectivity index (χ3n) is 11.4. The standard InChI is InChI=1S/10C6H5.2ClH.2N3.Pb.2Sb/c10*1-2-4-6-5-3-1;;;2*1-3-2;;;/h10*1-5H;2*1H;;;;;/q;;;;;;;;;;;;2*-1;+2;2*+1/p-2. The topological polar surface area (TPSA) is 117 Å². The molecule has 0 spiro atoms. The van der Waals surface area contributed by atoms with Gasteiger partial charge < -0.3 is 22.1 Å². The van der Waals surface area contributed by atoms with Gasteiger partial charge in [0.1, 0.15) is 0 Å². The molecule has 0 heterocycles. The minimum atomic E-state index is -3.44. The van der Waals surface area contributed by atoms with E-state index in [9.17, 15) is 0 Å². The normalized spacial score (nSPS) is 10.5. The van der Waals surface area contributed by atoms with Crippen LogP contribution in [0.25, 0.3) is 31.9 Å². The van der Waals surface area contributed by atoms with Crippen molar-refractivity contribution in [3.63, 3.8) is 0 Å². The first-order chi connectivity index (χ1) is 34.9. The van der Waals surface area contributed by atoms with Gasteiger partial charge in [-0.2, -0.15) is 0 Å². The number of halogens is 2. The van der Waals surface area contributed by atoms with Crippen LogP contribution >= 0.6 is 16.6 Å². The van der Waals surface area contributed by atoms with E-state index in [2.05, 4.69) is 243 Å². The van der Waals surface area contributed by atoms with Crippen molar-refractivity contribution in [2.24, 2.45) is 0 Å². The first-order valence-corrected chi connectivity index (χ1v) is 46.2. The molecule has 0 atom stereocenters. The molecule has 0 unspecified atom stereocenters. The Hall–Kier alpha value is -6.04. The molecule has 348 valence electrons. The molecule has 0 aliphatic rings. The van der Waals surface area contributed by atoms with Gasteiger partial charge >= 0.3 is 411 Å². The van der Waals surface area contributed by atoms with Gasteiger partial charge in [-0.05, 0) is 0 Å². The zero-order valence-electron chi connectivity index (χ0n) is 38.7. The van der Waals surface area contributed by atoms with Gasteiger partial charge in [-0.15, -0.1) is 0 Å². The van der Waals surface area contributed by atoms with Gasteiger partial charge in [-0.3, -0.25) is 9.82 Å². The van der Waals surface area contributed by atoms with E-state index < -0.39 is 56.3 Å². The third kappa shape index (κ3) is 13.7. The van der Waals surface area contributed by atoms with E-state index in [1.54, 1.807) is 0 Å². The molecule has 0 N–H and O–H groups in total. The number of nitrogens with zero attached hydrogens (tertiary/aromatic N) is 6. The second-order valence-electron chi connectivity index (χ2n) is 15.5. The molecule has 0 radical (unpaired) electrons. The van der Waals surface area contributed by atoms with Gasteiger partial charge in [0.25, 0.3) is 0 Å². The second-order valence-corrected chi connectivity index (χ2v) is 55.6. The van der Waals surface area contributed by atoms with Gasteiger partial charge in [0, 0.05) is 0 Å². The summed E-state index contributed by atoms with van der Waals surface area (Å²) in [5.74, 6) is 0. The minimum absolute atomic E-state index is 1.11. The Bertz CT molecular complexity index is 2580. The quantitative estimate of drug-likeness (QED) is 0.0561. The molecule has 0 bridgehead atoms. The molecule has 71 heavy (non-hydrogen) atoms. The summed E-state index contributed by atoms with van der Waals surface area (Å²) in [5, 5.41) is 0. The Morgan fingerprint density at radius 3 is 0.465 bits per heavy atom. The fourth-order valence-corrected chi connectivity index (χ4v) is 43.3. The molecule has 11 heteroatoms. The molecule has 0 aliphatic heterocycles. The van der Waals surface area contributed by atoms with E-state index in [1.807, 2.05) is 60.7 Å². The molecule has 0 saturated heterocycles. The average Bonchev–Trinajstić information content (AvgIpc) is 3.45. The summed E-state index contributed by atoms with van der Waals surface area (Å²) in [7, 11) is 13.1. The first-order valence-electron chi connectivity index (χ1n) is 22.6. The fraction of sp³-hybridized carbons (Fsp3) is 0. The summed E-state index contributed by atoms with van der Waals surface area (Å²) in [5.41, 5.74) is 27.0. The number of hydrogen-bond donors (Lipinski definition) is 0. The summed E-state index contributed by atoms with van der Waals surface area (Å²) in [4.78, 5) is 3.00. The Balaban J connectivity index is 0.000000170. The van der Waals surface area contributed by atoms with Crippen LogP contribution in [0.15, 0.2) is 303 Å². The number of rotatable bonds is 10. The van der Waals surface area contributed by atoms with Crippen molar-refractivity contribution in [2.45, 2.75) is 0 Å². The molecule has 0 fully saturated rings. The van der Waals surface area contributed by atoms with Crippen molar-refractivity contribution in [3.05, 3.63) is 335 Å². The molecule has 0 aliphatic carbocycles. The molecule has 0 amide bonds. The molecule has 10 rings (SSSR count). The molecular weight excluding hydrogens is 1330 g/mol. The van der Waals surface area contributed by atoms with E-state index >= 15 is 0 Å². The van der Waals surface area contributed by atoms with Crippen LogP contribution in [0.2, 0.25) is 0 Å². The third-order valence-corrected chi connectivity index (χ3v) is 51.8. The molecular formula is C60H50Cl2N6PbSb2. The molecule has 10 aromatic carbocycles. The Kier molecular flexibility index (Phi) is 22.0. The van der Waals surface area contributed by atoms with Gasteiger partial charge in [0.2, 0.25) is 0 Å². The van der Waals surface area contributed by atoms with Crippen LogP contribution in [-0.2, 0) is 0 Å². The van der Waals surface area contributed by atoms with Crippen molar-refractivity contribution >= 4 is 107 Å². The van der Waals surface area contributed by atoms with Crippen LogP contribution in [0.1, 0.15) is 0 Å². The van der Waals surface area contributed by atoms with Gasteiger partial charge in [0.05, 0.1) is 0 Å². The second kappa shape index (κ2) is 28.7. The Morgan fingerprint density at radius 1 is 0.225 bits per heavy atom. The molecule has 10 aromatic rings. The SMILES string of the molecule is [Cl][Pb]([Cl])([c]1ccccc1)[c]1ccccc1.[N-]=[N+]=[N-].[N-]=[N+]=[N-].c1cc[c]([Sb+]([c]2ccccc2)([c]2ccccc2)[c]2ccccc2)cc1.c1cc[c]([Sb+]([c]2ccccc2)([c]2ccccc2)[c]2ccccc2)cc1. The van der Waals surface area contributed by atoms with E-state index in [1.165, 1.54) is 37.9 Å². The fourth-order valence-electron chi connectivity index (χ4n) is 8.46. The van der Waals surface area contributed by atoms with Crippen LogP contribution in [0, 0.1) is 0 Å². The predicted molar refractivity (Wildman–Crippen MR) is 310 cm³/mol. The van der Waals surface area contributed by atoms with Gasteiger partial charge in [-0.25, -0.2) is 0 Å². The van der Waals surface area contributed by atoms with Crippen molar-refractivity contribution in [2.75, 3.05) is 0 Å². The summed E-state index contributed by atoms with van der Waals surface area (Å²) in [6.07, 6.45) is 0. The van der Waals surface area contributed by atoms with Crippen LogP contribution < -0.4 is 34.3 Å².